The number of carbonyl (C=O) groups excluding carboxylic acids is 1. The molecule has 1 aliphatic carbocycles. The quantitative estimate of drug-likeness (QED) is 0.120. The number of hydrogen-bond donors (Lipinski definition) is 3. The highest BCUT2D eigenvalue weighted by Crippen LogP contribution is 2.35. The molecule has 0 spiro atoms. The summed E-state index contributed by atoms with van der Waals surface area (Å²) in [5, 5.41) is 24.0. The van der Waals surface area contributed by atoms with Gasteiger partial charge in [0.1, 0.15) is 4.83 Å². The molecule has 178 valence electrons. The average Bonchev–Trinajstić information content (AvgIpc) is 3.24. The molecule has 10 heteroatoms. The highest BCUT2D eigenvalue weighted by molar-refractivity contribution is 7.99. The molecule has 4 aromatic rings. The number of rotatable bonds is 6. The molecule has 0 aliphatic heterocycles. The lowest BCUT2D eigenvalue weighted by molar-refractivity contribution is -0.118. The second-order valence-electron chi connectivity index (χ2n) is 8.09. The van der Waals surface area contributed by atoms with E-state index < -0.39 is 0 Å². The number of phenolic OH excluding ortho intramolecular Hbond substituents is 2. The van der Waals surface area contributed by atoms with Crippen LogP contribution in [0.15, 0.2) is 63.6 Å². The Hall–Kier alpha value is -3.63. The van der Waals surface area contributed by atoms with E-state index in [1.54, 1.807) is 22.0 Å². The number of nitrogens with zero attached hydrogens (tertiary/aromatic N) is 3. The van der Waals surface area contributed by atoms with Gasteiger partial charge >= 0.3 is 0 Å². The number of phenols is 2. The van der Waals surface area contributed by atoms with Crippen LogP contribution in [-0.2, 0) is 17.6 Å². The standard InChI is InChI=1S/C25H22N4O4S2/c30-18-11-10-15(12-19(18)31)13-26-28-21(32)14-34-25-27-23-22(17-8-4-5-9-20(17)35-23)24(33)29(25)16-6-2-1-3-7-16/h1-3,6-7,10-13,30-31H,4-5,8-9,14H2,(H,28,32)/b26-13+. The molecule has 5 rings (SSSR count). The molecule has 1 aliphatic rings. The van der Waals surface area contributed by atoms with Gasteiger partial charge in [0.05, 0.1) is 23.0 Å². The lowest BCUT2D eigenvalue weighted by Crippen LogP contribution is -2.24. The molecule has 2 heterocycles. The molecule has 2 aromatic carbocycles. The van der Waals surface area contributed by atoms with Crippen molar-refractivity contribution in [3.8, 4) is 17.2 Å². The van der Waals surface area contributed by atoms with Crippen molar-refractivity contribution in [3.05, 3.63) is 74.9 Å². The van der Waals surface area contributed by atoms with Crippen LogP contribution in [0.2, 0.25) is 0 Å². The Morgan fingerprint density at radius 1 is 1.14 bits per heavy atom. The minimum atomic E-state index is -0.367. The number of carbonyl (C=O) groups is 1. The van der Waals surface area contributed by atoms with Crippen molar-refractivity contribution in [1.29, 1.82) is 0 Å². The minimum absolute atomic E-state index is 0.00797. The Morgan fingerprint density at radius 2 is 1.94 bits per heavy atom. The van der Waals surface area contributed by atoms with Gasteiger partial charge in [-0.3, -0.25) is 14.2 Å². The Kier molecular flexibility index (Phi) is 6.56. The molecular weight excluding hydrogens is 484 g/mol. The monoisotopic (exact) mass is 506 g/mol. The summed E-state index contributed by atoms with van der Waals surface area (Å²) < 4.78 is 1.59. The number of amides is 1. The van der Waals surface area contributed by atoms with Crippen molar-refractivity contribution in [2.45, 2.75) is 30.8 Å². The first kappa shape index (κ1) is 23.1. The van der Waals surface area contributed by atoms with Crippen molar-refractivity contribution in [3.63, 3.8) is 0 Å². The lowest BCUT2D eigenvalue weighted by Gasteiger charge is -2.13. The number of thioether (sulfide) groups is 1. The second-order valence-corrected chi connectivity index (χ2v) is 10.1. The Bertz CT molecular complexity index is 1500. The van der Waals surface area contributed by atoms with Gasteiger partial charge in [0.25, 0.3) is 11.5 Å². The number of para-hydroxylation sites is 1. The number of aromatic nitrogens is 2. The van der Waals surface area contributed by atoms with Gasteiger partial charge in [-0.1, -0.05) is 30.0 Å². The fraction of sp³-hybridized carbons (Fsp3) is 0.200. The van der Waals surface area contributed by atoms with Crippen molar-refractivity contribution >= 4 is 45.4 Å². The molecule has 1 amide bonds. The van der Waals surface area contributed by atoms with Gasteiger partial charge in [-0.05, 0) is 67.1 Å². The van der Waals surface area contributed by atoms with E-state index in [1.165, 1.54) is 35.0 Å². The first-order chi connectivity index (χ1) is 17.0. The normalized spacial score (nSPS) is 13.3. The average molecular weight is 507 g/mol. The number of aryl methyl sites for hydroxylation is 2. The summed E-state index contributed by atoms with van der Waals surface area (Å²) in [5.74, 6) is -0.864. The maximum Gasteiger partial charge on any atom is 0.267 e. The van der Waals surface area contributed by atoms with E-state index in [9.17, 15) is 19.8 Å². The Balaban J connectivity index is 1.40. The van der Waals surface area contributed by atoms with Crippen LogP contribution in [0, 0.1) is 0 Å². The summed E-state index contributed by atoms with van der Waals surface area (Å²) in [6, 6.07) is 13.6. The molecule has 0 unspecified atom stereocenters. The highest BCUT2D eigenvalue weighted by atomic mass is 32.2. The van der Waals surface area contributed by atoms with Gasteiger partial charge in [-0.15, -0.1) is 11.3 Å². The van der Waals surface area contributed by atoms with Crippen LogP contribution in [0.5, 0.6) is 11.5 Å². The zero-order chi connectivity index (χ0) is 24.4. The van der Waals surface area contributed by atoms with E-state index in [2.05, 4.69) is 10.5 Å². The SMILES string of the molecule is O=C(CSc1nc2sc3c(c2c(=O)n1-c1ccccc1)CCCC3)N/N=C/c1ccc(O)c(O)c1. The van der Waals surface area contributed by atoms with Crippen LogP contribution >= 0.6 is 23.1 Å². The second kappa shape index (κ2) is 9.93. The van der Waals surface area contributed by atoms with Crippen molar-refractivity contribution < 1.29 is 15.0 Å². The van der Waals surface area contributed by atoms with Crippen molar-refractivity contribution in [2.75, 3.05) is 5.75 Å². The van der Waals surface area contributed by atoms with Gasteiger partial charge < -0.3 is 10.2 Å². The molecule has 0 saturated carbocycles. The number of hydrazone groups is 1. The third-order valence-electron chi connectivity index (χ3n) is 5.71. The molecule has 0 fully saturated rings. The molecular formula is C25H22N4O4S2. The lowest BCUT2D eigenvalue weighted by atomic mass is 9.97. The third kappa shape index (κ3) is 4.80. The molecule has 8 nitrogen and oxygen atoms in total. The third-order valence-corrected chi connectivity index (χ3v) is 7.83. The first-order valence-electron chi connectivity index (χ1n) is 11.1. The molecule has 0 atom stereocenters. The van der Waals surface area contributed by atoms with E-state index in [0.29, 0.717) is 21.8 Å². The van der Waals surface area contributed by atoms with E-state index >= 15 is 0 Å². The zero-order valence-electron chi connectivity index (χ0n) is 18.6. The van der Waals surface area contributed by atoms with Gasteiger partial charge in [0.2, 0.25) is 0 Å². The predicted molar refractivity (Wildman–Crippen MR) is 138 cm³/mol. The number of benzene rings is 2. The largest absolute Gasteiger partial charge is 0.504 e. The van der Waals surface area contributed by atoms with Crippen LogP contribution in [0.4, 0.5) is 0 Å². The molecule has 3 N–H and O–H groups in total. The van der Waals surface area contributed by atoms with Crippen LogP contribution in [-0.4, -0.2) is 37.6 Å². The Labute approximate surface area is 209 Å². The number of nitrogens with one attached hydrogen (secondary N) is 1. The fourth-order valence-corrected chi connectivity index (χ4v) is 6.16. The highest BCUT2D eigenvalue weighted by Gasteiger charge is 2.23. The summed E-state index contributed by atoms with van der Waals surface area (Å²) in [4.78, 5) is 32.9. The summed E-state index contributed by atoms with van der Waals surface area (Å²) in [7, 11) is 0. The van der Waals surface area contributed by atoms with E-state index in [1.807, 2.05) is 30.3 Å². The molecule has 0 bridgehead atoms. The van der Waals surface area contributed by atoms with Crippen molar-refractivity contribution in [2.24, 2.45) is 5.10 Å². The molecule has 0 saturated heterocycles. The predicted octanol–water partition coefficient (Wildman–Crippen LogP) is 3.98. The molecule has 35 heavy (non-hydrogen) atoms. The minimum Gasteiger partial charge on any atom is -0.504 e. The fourth-order valence-electron chi connectivity index (χ4n) is 4.05. The summed E-state index contributed by atoms with van der Waals surface area (Å²) in [5.41, 5.74) is 4.68. The van der Waals surface area contributed by atoms with Crippen molar-refractivity contribution in [1.82, 2.24) is 15.0 Å². The van der Waals surface area contributed by atoms with Crippen LogP contribution in [0.25, 0.3) is 15.9 Å². The smallest absolute Gasteiger partial charge is 0.267 e. The first-order valence-corrected chi connectivity index (χ1v) is 12.9. The van der Waals surface area contributed by atoms with Gasteiger partial charge in [-0.25, -0.2) is 10.4 Å². The van der Waals surface area contributed by atoms with Crippen LogP contribution in [0.3, 0.4) is 0 Å². The number of thiophene rings is 1. The maximum atomic E-state index is 13.7. The van der Waals surface area contributed by atoms with Gasteiger partial charge in [-0.2, -0.15) is 5.10 Å². The Morgan fingerprint density at radius 3 is 2.74 bits per heavy atom. The maximum absolute atomic E-state index is 13.7. The number of aromatic hydroxyl groups is 2. The summed E-state index contributed by atoms with van der Waals surface area (Å²) in [6.45, 7) is 0. The number of hydrogen-bond acceptors (Lipinski definition) is 8. The number of fused-ring (bicyclic) bond motifs is 3. The van der Waals surface area contributed by atoms with Gasteiger partial charge in [0, 0.05) is 4.88 Å². The molecule has 0 radical (unpaired) electrons. The zero-order valence-corrected chi connectivity index (χ0v) is 20.2. The molecule has 2 aromatic heterocycles. The van der Waals surface area contributed by atoms with E-state index in [0.717, 1.165) is 36.1 Å². The topological polar surface area (TPSA) is 117 Å². The van der Waals surface area contributed by atoms with Gasteiger partial charge in [0.15, 0.2) is 16.7 Å². The van der Waals surface area contributed by atoms with Crippen LogP contribution < -0.4 is 11.0 Å². The van der Waals surface area contributed by atoms with Crippen LogP contribution in [0.1, 0.15) is 28.8 Å². The van der Waals surface area contributed by atoms with E-state index in [4.69, 9.17) is 4.98 Å². The summed E-state index contributed by atoms with van der Waals surface area (Å²) in [6.07, 6.45) is 5.43. The van der Waals surface area contributed by atoms with E-state index in [-0.39, 0.29) is 28.7 Å². The summed E-state index contributed by atoms with van der Waals surface area (Å²) >= 11 is 2.75.